The summed E-state index contributed by atoms with van der Waals surface area (Å²) in [6, 6.07) is 4.96. The molecule has 1 aliphatic heterocycles. The van der Waals surface area contributed by atoms with Gasteiger partial charge in [0.05, 0.1) is 0 Å². The van der Waals surface area contributed by atoms with Crippen LogP contribution in [-0.4, -0.2) is 18.0 Å². The Morgan fingerprint density at radius 3 is 2.60 bits per heavy atom. The van der Waals surface area contributed by atoms with Gasteiger partial charge in [0.2, 0.25) is 0 Å². The van der Waals surface area contributed by atoms with Gasteiger partial charge in [0, 0.05) is 17.8 Å². The lowest BCUT2D eigenvalue weighted by atomic mass is 10.1. The second kappa shape index (κ2) is 4.62. The Bertz CT molecular complexity index is 332. The maximum Gasteiger partial charge on any atom is 0.129 e. The third-order valence-electron chi connectivity index (χ3n) is 2.92. The second-order valence-electron chi connectivity index (χ2n) is 4.19. The zero-order valence-corrected chi connectivity index (χ0v) is 8.88. The molecule has 2 nitrogen and oxygen atoms in total. The Hall–Kier alpha value is -1.09. The van der Waals surface area contributed by atoms with Crippen molar-refractivity contribution in [2.24, 2.45) is 0 Å². The topological polar surface area (TPSA) is 29.3 Å². The van der Waals surface area contributed by atoms with Crippen molar-refractivity contribution in [1.29, 1.82) is 0 Å². The number of benzene rings is 1. The summed E-state index contributed by atoms with van der Waals surface area (Å²) in [7, 11) is 0. The molecule has 0 radical (unpaired) electrons. The summed E-state index contributed by atoms with van der Waals surface area (Å²) in [4.78, 5) is 2.30. The van der Waals surface area contributed by atoms with Gasteiger partial charge in [-0.1, -0.05) is 12.5 Å². The summed E-state index contributed by atoms with van der Waals surface area (Å²) in [6.07, 6.45) is 3.77. The van der Waals surface area contributed by atoms with Gasteiger partial charge in [-0.2, -0.15) is 0 Å². The summed E-state index contributed by atoms with van der Waals surface area (Å²) < 4.78 is 13.5. The van der Waals surface area contributed by atoms with E-state index in [0.717, 1.165) is 18.7 Å². The smallest absolute Gasteiger partial charge is 0.129 e. The number of piperidine rings is 1. The van der Waals surface area contributed by atoms with Crippen LogP contribution >= 0.6 is 0 Å². The summed E-state index contributed by atoms with van der Waals surface area (Å²) in [5, 5.41) is 0. The highest BCUT2D eigenvalue weighted by Crippen LogP contribution is 2.17. The Morgan fingerprint density at radius 2 is 1.93 bits per heavy atom. The van der Waals surface area contributed by atoms with E-state index in [2.05, 4.69) is 4.90 Å². The minimum atomic E-state index is -0.180. The fourth-order valence-electron chi connectivity index (χ4n) is 2.05. The van der Waals surface area contributed by atoms with Crippen molar-refractivity contribution in [3.8, 4) is 0 Å². The Balaban J connectivity index is 2.03. The minimum Gasteiger partial charge on any atom is -0.399 e. The Kier molecular flexibility index (Phi) is 3.21. The predicted molar refractivity (Wildman–Crippen MR) is 59.9 cm³/mol. The van der Waals surface area contributed by atoms with E-state index in [1.54, 1.807) is 12.1 Å². The van der Waals surface area contributed by atoms with Gasteiger partial charge in [0.25, 0.3) is 0 Å². The summed E-state index contributed by atoms with van der Waals surface area (Å²) in [5.74, 6) is -0.180. The van der Waals surface area contributed by atoms with Crippen LogP contribution in [0.3, 0.4) is 0 Å². The van der Waals surface area contributed by atoms with E-state index in [0.29, 0.717) is 12.2 Å². The van der Waals surface area contributed by atoms with Crippen molar-refractivity contribution < 1.29 is 4.39 Å². The number of likely N-dealkylation sites (tertiary alicyclic amines) is 1. The van der Waals surface area contributed by atoms with Gasteiger partial charge in [0.15, 0.2) is 0 Å². The molecule has 0 atom stereocenters. The molecule has 1 aromatic carbocycles. The number of nitrogen functional groups attached to an aromatic ring is 1. The van der Waals surface area contributed by atoms with Crippen molar-refractivity contribution in [1.82, 2.24) is 4.90 Å². The van der Waals surface area contributed by atoms with E-state index in [9.17, 15) is 4.39 Å². The van der Waals surface area contributed by atoms with Crippen LogP contribution in [0.25, 0.3) is 0 Å². The van der Waals surface area contributed by atoms with Crippen LogP contribution in [0, 0.1) is 5.82 Å². The molecule has 1 aliphatic rings. The van der Waals surface area contributed by atoms with E-state index in [4.69, 9.17) is 5.73 Å². The molecule has 15 heavy (non-hydrogen) atoms. The Labute approximate surface area is 89.9 Å². The molecule has 1 heterocycles. The normalized spacial score (nSPS) is 17.9. The lowest BCUT2D eigenvalue weighted by Gasteiger charge is -2.26. The van der Waals surface area contributed by atoms with E-state index in [1.807, 2.05) is 0 Å². The first kappa shape index (κ1) is 10.4. The molecule has 2 rings (SSSR count). The van der Waals surface area contributed by atoms with Crippen molar-refractivity contribution in [2.75, 3.05) is 18.8 Å². The monoisotopic (exact) mass is 208 g/mol. The fraction of sp³-hybridized carbons (Fsp3) is 0.500. The minimum absolute atomic E-state index is 0.180. The number of anilines is 1. The standard InChI is InChI=1S/C12H17FN2/c13-12-8-11(14)5-4-10(12)9-15-6-2-1-3-7-15/h4-5,8H,1-3,6-7,9,14H2. The van der Waals surface area contributed by atoms with Crippen molar-refractivity contribution in [3.63, 3.8) is 0 Å². The molecule has 1 saturated heterocycles. The zero-order chi connectivity index (χ0) is 10.7. The Morgan fingerprint density at radius 1 is 1.20 bits per heavy atom. The zero-order valence-electron chi connectivity index (χ0n) is 8.88. The first-order valence-electron chi connectivity index (χ1n) is 5.52. The highest BCUT2D eigenvalue weighted by molar-refractivity contribution is 5.40. The molecule has 0 spiro atoms. The van der Waals surface area contributed by atoms with Gasteiger partial charge in [-0.05, 0) is 38.1 Å². The largest absolute Gasteiger partial charge is 0.399 e. The van der Waals surface area contributed by atoms with Crippen LogP contribution in [0.1, 0.15) is 24.8 Å². The predicted octanol–water partition coefficient (Wildman–Crippen LogP) is 2.39. The average Bonchev–Trinajstić information content (AvgIpc) is 2.24. The lowest BCUT2D eigenvalue weighted by Crippen LogP contribution is -2.29. The number of nitrogens with zero attached hydrogens (tertiary/aromatic N) is 1. The highest BCUT2D eigenvalue weighted by atomic mass is 19.1. The van der Waals surface area contributed by atoms with Crippen molar-refractivity contribution in [3.05, 3.63) is 29.6 Å². The van der Waals surface area contributed by atoms with Crippen LogP contribution in [0.5, 0.6) is 0 Å². The molecule has 1 fully saturated rings. The number of hydrogen-bond acceptors (Lipinski definition) is 2. The highest BCUT2D eigenvalue weighted by Gasteiger charge is 2.12. The third-order valence-corrected chi connectivity index (χ3v) is 2.92. The van der Waals surface area contributed by atoms with Gasteiger partial charge >= 0.3 is 0 Å². The summed E-state index contributed by atoms with van der Waals surface area (Å²) >= 11 is 0. The average molecular weight is 208 g/mol. The fourth-order valence-corrected chi connectivity index (χ4v) is 2.05. The van der Waals surface area contributed by atoms with Crippen molar-refractivity contribution in [2.45, 2.75) is 25.8 Å². The lowest BCUT2D eigenvalue weighted by molar-refractivity contribution is 0.218. The number of rotatable bonds is 2. The van der Waals surface area contributed by atoms with Crippen LogP contribution < -0.4 is 5.73 Å². The summed E-state index contributed by atoms with van der Waals surface area (Å²) in [6.45, 7) is 2.89. The molecular weight excluding hydrogens is 191 g/mol. The molecule has 3 heteroatoms. The van der Waals surface area contributed by atoms with Gasteiger partial charge < -0.3 is 5.73 Å². The molecule has 0 aliphatic carbocycles. The molecular formula is C12H17FN2. The molecule has 2 N–H and O–H groups in total. The maximum atomic E-state index is 13.5. The van der Waals surface area contributed by atoms with E-state index >= 15 is 0 Å². The molecule has 0 aromatic heterocycles. The molecule has 0 saturated carbocycles. The van der Waals surface area contributed by atoms with Gasteiger partial charge in [0.1, 0.15) is 5.82 Å². The molecule has 0 amide bonds. The van der Waals surface area contributed by atoms with Gasteiger partial charge in [-0.25, -0.2) is 4.39 Å². The number of hydrogen-bond donors (Lipinski definition) is 1. The number of halogens is 1. The van der Waals surface area contributed by atoms with Crippen LogP contribution in [0.2, 0.25) is 0 Å². The molecule has 82 valence electrons. The SMILES string of the molecule is Nc1ccc(CN2CCCCC2)c(F)c1. The van der Waals surface area contributed by atoms with E-state index < -0.39 is 0 Å². The quantitative estimate of drug-likeness (QED) is 0.756. The van der Waals surface area contributed by atoms with Crippen LogP contribution in [0.4, 0.5) is 10.1 Å². The summed E-state index contributed by atoms with van der Waals surface area (Å²) in [5.41, 5.74) is 6.76. The molecule has 0 bridgehead atoms. The van der Waals surface area contributed by atoms with E-state index in [-0.39, 0.29) is 5.82 Å². The number of nitrogens with two attached hydrogens (primary N) is 1. The second-order valence-corrected chi connectivity index (χ2v) is 4.19. The van der Waals surface area contributed by atoms with Gasteiger partial charge in [-0.15, -0.1) is 0 Å². The molecule has 0 unspecified atom stereocenters. The first-order chi connectivity index (χ1) is 7.25. The molecule has 1 aromatic rings. The van der Waals surface area contributed by atoms with Crippen molar-refractivity contribution >= 4 is 5.69 Å². The van der Waals surface area contributed by atoms with Crippen LogP contribution in [0.15, 0.2) is 18.2 Å². The first-order valence-corrected chi connectivity index (χ1v) is 5.52. The van der Waals surface area contributed by atoms with Crippen LogP contribution in [-0.2, 0) is 6.54 Å². The van der Waals surface area contributed by atoms with Gasteiger partial charge in [-0.3, -0.25) is 4.90 Å². The maximum absolute atomic E-state index is 13.5. The van der Waals surface area contributed by atoms with E-state index in [1.165, 1.54) is 25.3 Å². The third kappa shape index (κ3) is 2.69.